The molecule has 1 atom stereocenters. The van der Waals surface area contributed by atoms with Crippen molar-refractivity contribution in [3.63, 3.8) is 0 Å². The van der Waals surface area contributed by atoms with Gasteiger partial charge in [-0.15, -0.1) is 0 Å². The molecule has 1 unspecified atom stereocenters. The first-order chi connectivity index (χ1) is 5.95. The van der Waals surface area contributed by atoms with Gasteiger partial charge in [0.25, 0.3) is 0 Å². The monoisotopic (exact) mass is 248 g/mol. The number of rotatable bonds is 6. The summed E-state index contributed by atoms with van der Waals surface area (Å²) in [7, 11) is 0. The van der Waals surface area contributed by atoms with Gasteiger partial charge in [0.1, 0.15) is 0 Å². The molecular weight excluding hydrogens is 224 g/mol. The summed E-state index contributed by atoms with van der Waals surface area (Å²) in [6, 6.07) is 0. The minimum Gasteiger partial charge on any atom is -0.0928 e. The van der Waals surface area contributed by atoms with Crippen molar-refractivity contribution in [2.45, 2.75) is 59.8 Å². The summed E-state index contributed by atoms with van der Waals surface area (Å²) in [5, 5.41) is 1.17. The van der Waals surface area contributed by atoms with Gasteiger partial charge in [-0.25, -0.2) is 0 Å². The lowest BCUT2D eigenvalue weighted by Crippen LogP contribution is -2.10. The van der Waals surface area contributed by atoms with Gasteiger partial charge in [-0.1, -0.05) is 62.9 Å². The van der Waals surface area contributed by atoms with Crippen LogP contribution in [0.25, 0.3) is 0 Å². The maximum Gasteiger partial charge on any atom is 0.00313 e. The van der Waals surface area contributed by atoms with Crippen molar-refractivity contribution >= 4 is 15.9 Å². The summed E-state index contributed by atoms with van der Waals surface area (Å²) in [5.41, 5.74) is 0.509. The van der Waals surface area contributed by atoms with Gasteiger partial charge in [-0.05, 0) is 24.2 Å². The van der Waals surface area contributed by atoms with Crippen LogP contribution in [0.4, 0.5) is 0 Å². The molecule has 0 aromatic heterocycles. The van der Waals surface area contributed by atoms with Crippen LogP contribution < -0.4 is 0 Å². The fraction of sp³-hybridized carbons (Fsp3) is 1.00. The van der Waals surface area contributed by atoms with Crippen molar-refractivity contribution < 1.29 is 0 Å². The van der Waals surface area contributed by atoms with Crippen LogP contribution in [0, 0.1) is 11.3 Å². The standard InChI is InChI=1S/C12H25Br/c1-11(10-12(2,3)4)8-6-5-7-9-13/h11H,5-10H2,1-4H3. The largest absolute Gasteiger partial charge is 0.0928 e. The SMILES string of the molecule is CC(CCCCCBr)CC(C)(C)C. The Morgan fingerprint density at radius 3 is 2.15 bits per heavy atom. The molecule has 0 amide bonds. The van der Waals surface area contributed by atoms with E-state index < -0.39 is 0 Å². The summed E-state index contributed by atoms with van der Waals surface area (Å²) >= 11 is 3.47. The Morgan fingerprint density at radius 1 is 1.08 bits per heavy atom. The minimum absolute atomic E-state index is 0.509. The maximum atomic E-state index is 3.47. The van der Waals surface area contributed by atoms with Gasteiger partial charge in [0.05, 0.1) is 0 Å². The molecule has 0 N–H and O–H groups in total. The Balaban J connectivity index is 3.35. The van der Waals surface area contributed by atoms with Crippen LogP contribution in [0.15, 0.2) is 0 Å². The topological polar surface area (TPSA) is 0 Å². The third kappa shape index (κ3) is 10.4. The maximum absolute atomic E-state index is 3.47. The van der Waals surface area contributed by atoms with E-state index in [1.807, 2.05) is 0 Å². The number of alkyl halides is 1. The van der Waals surface area contributed by atoms with Crippen LogP contribution in [-0.4, -0.2) is 5.33 Å². The van der Waals surface area contributed by atoms with Crippen LogP contribution in [0.5, 0.6) is 0 Å². The van der Waals surface area contributed by atoms with E-state index in [2.05, 4.69) is 43.6 Å². The first-order valence-electron chi connectivity index (χ1n) is 5.51. The molecule has 0 saturated heterocycles. The van der Waals surface area contributed by atoms with Gasteiger partial charge < -0.3 is 0 Å². The van der Waals surface area contributed by atoms with Crippen LogP contribution in [0.1, 0.15) is 59.8 Å². The van der Waals surface area contributed by atoms with Crippen LogP contribution >= 0.6 is 15.9 Å². The van der Waals surface area contributed by atoms with Gasteiger partial charge in [0, 0.05) is 5.33 Å². The number of halogens is 1. The van der Waals surface area contributed by atoms with Crippen molar-refractivity contribution in [3.8, 4) is 0 Å². The van der Waals surface area contributed by atoms with Gasteiger partial charge >= 0.3 is 0 Å². The van der Waals surface area contributed by atoms with E-state index >= 15 is 0 Å². The van der Waals surface area contributed by atoms with Crippen LogP contribution in [-0.2, 0) is 0 Å². The van der Waals surface area contributed by atoms with Crippen molar-refractivity contribution in [1.82, 2.24) is 0 Å². The van der Waals surface area contributed by atoms with Crippen molar-refractivity contribution in [2.75, 3.05) is 5.33 Å². The molecule has 0 bridgehead atoms. The van der Waals surface area contributed by atoms with Crippen LogP contribution in [0.3, 0.4) is 0 Å². The number of unbranched alkanes of at least 4 members (excludes halogenated alkanes) is 2. The van der Waals surface area contributed by atoms with E-state index in [-0.39, 0.29) is 0 Å². The van der Waals surface area contributed by atoms with Crippen molar-refractivity contribution in [2.24, 2.45) is 11.3 Å². The normalized spacial score (nSPS) is 14.5. The number of hydrogen-bond donors (Lipinski definition) is 0. The summed E-state index contributed by atoms with van der Waals surface area (Å²) in [5.74, 6) is 0.898. The highest BCUT2D eigenvalue weighted by molar-refractivity contribution is 9.09. The van der Waals surface area contributed by atoms with E-state index in [4.69, 9.17) is 0 Å². The Hall–Kier alpha value is 0.480. The molecule has 0 radical (unpaired) electrons. The summed E-state index contributed by atoms with van der Waals surface area (Å²) < 4.78 is 0. The smallest absolute Gasteiger partial charge is 0.00313 e. The first kappa shape index (κ1) is 13.5. The molecule has 0 spiro atoms. The Kier molecular flexibility index (Phi) is 7.12. The molecule has 80 valence electrons. The van der Waals surface area contributed by atoms with E-state index in [0.717, 1.165) is 5.92 Å². The molecule has 1 heteroatoms. The van der Waals surface area contributed by atoms with Gasteiger partial charge in [-0.3, -0.25) is 0 Å². The molecule has 0 aromatic rings. The minimum atomic E-state index is 0.509. The number of hydrogen-bond acceptors (Lipinski definition) is 0. The summed E-state index contributed by atoms with van der Waals surface area (Å²) in [4.78, 5) is 0. The first-order valence-corrected chi connectivity index (χ1v) is 6.64. The Morgan fingerprint density at radius 2 is 1.69 bits per heavy atom. The van der Waals surface area contributed by atoms with Gasteiger partial charge in [0.2, 0.25) is 0 Å². The molecule has 0 fully saturated rings. The molecule has 13 heavy (non-hydrogen) atoms. The molecule has 0 heterocycles. The van der Waals surface area contributed by atoms with Crippen LogP contribution in [0.2, 0.25) is 0 Å². The second-order valence-electron chi connectivity index (χ2n) is 5.41. The zero-order valence-corrected chi connectivity index (χ0v) is 11.3. The zero-order valence-electron chi connectivity index (χ0n) is 9.70. The van der Waals surface area contributed by atoms with E-state index in [9.17, 15) is 0 Å². The highest BCUT2D eigenvalue weighted by atomic mass is 79.9. The highest BCUT2D eigenvalue weighted by Gasteiger charge is 2.14. The lowest BCUT2D eigenvalue weighted by Gasteiger charge is -2.23. The highest BCUT2D eigenvalue weighted by Crippen LogP contribution is 2.27. The lowest BCUT2D eigenvalue weighted by atomic mass is 9.83. The zero-order chi connectivity index (χ0) is 10.3. The molecule has 0 aliphatic carbocycles. The molecule has 0 nitrogen and oxygen atoms in total. The average Bonchev–Trinajstić information content (AvgIpc) is 1.94. The van der Waals surface area contributed by atoms with Gasteiger partial charge in [0.15, 0.2) is 0 Å². The van der Waals surface area contributed by atoms with Crippen molar-refractivity contribution in [3.05, 3.63) is 0 Å². The third-order valence-corrected chi connectivity index (χ3v) is 2.85. The molecule has 0 aliphatic heterocycles. The summed E-state index contributed by atoms with van der Waals surface area (Å²) in [6.45, 7) is 9.39. The van der Waals surface area contributed by atoms with E-state index in [1.165, 1.54) is 37.4 Å². The molecule has 0 aromatic carbocycles. The van der Waals surface area contributed by atoms with Crippen molar-refractivity contribution in [1.29, 1.82) is 0 Å². The quantitative estimate of drug-likeness (QED) is 0.458. The third-order valence-electron chi connectivity index (χ3n) is 2.29. The second-order valence-corrected chi connectivity index (χ2v) is 6.20. The predicted octanol–water partition coefficient (Wildman–Crippen LogP) is 5.01. The van der Waals surface area contributed by atoms with E-state index in [0.29, 0.717) is 5.41 Å². The van der Waals surface area contributed by atoms with E-state index in [1.54, 1.807) is 0 Å². The lowest BCUT2D eigenvalue weighted by molar-refractivity contribution is 0.292. The Bertz CT molecular complexity index is 113. The fourth-order valence-corrected chi connectivity index (χ4v) is 2.31. The van der Waals surface area contributed by atoms with Gasteiger partial charge in [-0.2, -0.15) is 0 Å². The fourth-order valence-electron chi connectivity index (χ4n) is 1.91. The Labute approximate surface area is 92.6 Å². The predicted molar refractivity (Wildman–Crippen MR) is 65.5 cm³/mol. The second kappa shape index (κ2) is 6.86. The molecule has 0 aliphatic rings. The summed E-state index contributed by atoms with van der Waals surface area (Å²) in [6.07, 6.45) is 6.90. The molecule has 0 rings (SSSR count). The molecule has 0 saturated carbocycles. The average molecular weight is 249 g/mol. The molecular formula is C12H25Br.